The van der Waals surface area contributed by atoms with Crippen molar-refractivity contribution in [3.8, 4) is 34.1 Å². The third-order valence-corrected chi connectivity index (χ3v) is 6.04. The SMILES string of the molecule is COc1ccc(CCC(OC)OC)cc1-c1cc(CCCC(OC)OC)c(OC)c(OC)c1OC. The highest BCUT2D eigenvalue weighted by atomic mass is 16.7. The van der Waals surface area contributed by atoms with Gasteiger partial charge in [-0.1, -0.05) is 6.07 Å². The summed E-state index contributed by atoms with van der Waals surface area (Å²) in [6.07, 6.45) is 3.33. The first-order chi connectivity index (χ1) is 17.0. The molecular formula is C27H40O8. The van der Waals surface area contributed by atoms with Gasteiger partial charge in [0.1, 0.15) is 5.75 Å². The Morgan fingerprint density at radius 2 is 1.17 bits per heavy atom. The molecule has 2 rings (SSSR count). The first kappa shape index (κ1) is 28.7. The van der Waals surface area contributed by atoms with Crippen molar-refractivity contribution in [3.05, 3.63) is 35.4 Å². The molecule has 0 aliphatic rings. The molecule has 196 valence electrons. The summed E-state index contributed by atoms with van der Waals surface area (Å²) in [7, 11) is 13.1. The smallest absolute Gasteiger partial charge is 0.204 e. The Morgan fingerprint density at radius 1 is 0.571 bits per heavy atom. The molecule has 0 N–H and O–H groups in total. The van der Waals surface area contributed by atoms with Crippen LogP contribution in [0.5, 0.6) is 23.0 Å². The van der Waals surface area contributed by atoms with E-state index in [1.165, 1.54) is 0 Å². The van der Waals surface area contributed by atoms with Crippen LogP contribution in [0, 0.1) is 0 Å². The molecule has 0 aromatic heterocycles. The lowest BCUT2D eigenvalue weighted by Crippen LogP contribution is -2.13. The van der Waals surface area contributed by atoms with Gasteiger partial charge in [0.15, 0.2) is 24.1 Å². The van der Waals surface area contributed by atoms with Gasteiger partial charge < -0.3 is 37.9 Å². The van der Waals surface area contributed by atoms with Crippen LogP contribution >= 0.6 is 0 Å². The molecule has 2 aromatic rings. The maximum absolute atomic E-state index is 5.83. The van der Waals surface area contributed by atoms with Gasteiger partial charge in [-0.25, -0.2) is 0 Å². The number of methoxy groups -OCH3 is 8. The van der Waals surface area contributed by atoms with Gasteiger partial charge in [-0.15, -0.1) is 0 Å². The van der Waals surface area contributed by atoms with Gasteiger partial charge in [0, 0.05) is 46.0 Å². The minimum atomic E-state index is -0.259. The average molecular weight is 493 g/mol. The molecule has 0 bridgehead atoms. The summed E-state index contributed by atoms with van der Waals surface area (Å²) < 4.78 is 44.4. The molecule has 0 atom stereocenters. The fourth-order valence-corrected chi connectivity index (χ4v) is 4.20. The molecule has 0 aliphatic carbocycles. The first-order valence-corrected chi connectivity index (χ1v) is 11.6. The van der Waals surface area contributed by atoms with E-state index in [0.717, 1.165) is 60.1 Å². The average Bonchev–Trinajstić information content (AvgIpc) is 2.90. The lowest BCUT2D eigenvalue weighted by atomic mass is 9.94. The van der Waals surface area contributed by atoms with Crippen LogP contribution in [0.2, 0.25) is 0 Å². The topological polar surface area (TPSA) is 73.8 Å². The van der Waals surface area contributed by atoms with Crippen LogP contribution in [0.15, 0.2) is 24.3 Å². The standard InChI is InChI=1S/C27H40O8/c1-28-22-14-12-18(13-15-24(31-4)32-5)16-20(22)21-17-19(10-9-11-23(29-2)30-3)25(33-6)27(35-8)26(21)34-7/h12,14,16-17,23-24H,9-11,13,15H2,1-8H3. The van der Waals surface area contributed by atoms with Gasteiger partial charge in [0.25, 0.3) is 0 Å². The van der Waals surface area contributed by atoms with E-state index in [1.54, 1.807) is 56.9 Å². The predicted molar refractivity (Wildman–Crippen MR) is 135 cm³/mol. The molecule has 0 saturated heterocycles. The van der Waals surface area contributed by atoms with Gasteiger partial charge in [-0.3, -0.25) is 0 Å². The number of hydrogen-bond donors (Lipinski definition) is 0. The molecule has 0 fully saturated rings. The monoisotopic (exact) mass is 492 g/mol. The lowest BCUT2D eigenvalue weighted by molar-refractivity contribution is -0.106. The highest BCUT2D eigenvalue weighted by molar-refractivity contribution is 5.82. The predicted octanol–water partition coefficient (Wildman–Crippen LogP) is 4.88. The number of ether oxygens (including phenoxy) is 8. The molecule has 8 nitrogen and oxygen atoms in total. The van der Waals surface area contributed by atoms with E-state index < -0.39 is 0 Å². The van der Waals surface area contributed by atoms with E-state index in [0.29, 0.717) is 17.2 Å². The van der Waals surface area contributed by atoms with Crippen molar-refractivity contribution in [2.45, 2.75) is 44.7 Å². The van der Waals surface area contributed by atoms with Crippen LogP contribution < -0.4 is 18.9 Å². The highest BCUT2D eigenvalue weighted by Gasteiger charge is 2.24. The molecule has 0 radical (unpaired) electrons. The quantitative estimate of drug-likeness (QED) is 0.307. The van der Waals surface area contributed by atoms with Crippen molar-refractivity contribution in [1.29, 1.82) is 0 Å². The van der Waals surface area contributed by atoms with Crippen LogP contribution in [0.1, 0.15) is 30.4 Å². The summed E-state index contributed by atoms with van der Waals surface area (Å²) in [5.41, 5.74) is 3.89. The largest absolute Gasteiger partial charge is 0.496 e. The molecule has 2 aromatic carbocycles. The van der Waals surface area contributed by atoms with Crippen LogP contribution in [-0.2, 0) is 31.8 Å². The second-order valence-corrected chi connectivity index (χ2v) is 7.95. The van der Waals surface area contributed by atoms with Gasteiger partial charge >= 0.3 is 0 Å². The minimum Gasteiger partial charge on any atom is -0.496 e. The Hall–Kier alpha value is -2.52. The van der Waals surface area contributed by atoms with E-state index in [-0.39, 0.29) is 12.6 Å². The lowest BCUT2D eigenvalue weighted by Gasteiger charge is -2.21. The summed E-state index contributed by atoms with van der Waals surface area (Å²) in [5, 5.41) is 0. The van der Waals surface area contributed by atoms with Crippen LogP contribution in [0.4, 0.5) is 0 Å². The Kier molecular flexibility index (Phi) is 12.1. The molecule has 35 heavy (non-hydrogen) atoms. The Labute approximate surface area is 209 Å². The summed E-state index contributed by atoms with van der Waals surface area (Å²) in [6.45, 7) is 0. The summed E-state index contributed by atoms with van der Waals surface area (Å²) >= 11 is 0. The van der Waals surface area contributed by atoms with Crippen LogP contribution in [-0.4, -0.2) is 69.5 Å². The Morgan fingerprint density at radius 3 is 1.71 bits per heavy atom. The van der Waals surface area contributed by atoms with E-state index >= 15 is 0 Å². The van der Waals surface area contributed by atoms with E-state index in [2.05, 4.69) is 18.2 Å². The number of hydrogen-bond acceptors (Lipinski definition) is 8. The second-order valence-electron chi connectivity index (χ2n) is 7.95. The zero-order chi connectivity index (χ0) is 25.8. The fraction of sp³-hybridized carbons (Fsp3) is 0.556. The van der Waals surface area contributed by atoms with Crippen molar-refractivity contribution >= 4 is 0 Å². The maximum atomic E-state index is 5.83. The zero-order valence-corrected chi connectivity index (χ0v) is 22.3. The van der Waals surface area contributed by atoms with Gasteiger partial charge in [0.05, 0.1) is 28.4 Å². The third-order valence-electron chi connectivity index (χ3n) is 6.04. The molecule has 0 saturated carbocycles. The summed E-state index contributed by atoms with van der Waals surface area (Å²) in [4.78, 5) is 0. The summed E-state index contributed by atoms with van der Waals surface area (Å²) in [5.74, 6) is 2.52. The van der Waals surface area contributed by atoms with Gasteiger partial charge in [-0.05, 0) is 55.0 Å². The minimum absolute atomic E-state index is 0.250. The van der Waals surface area contributed by atoms with E-state index in [9.17, 15) is 0 Å². The van der Waals surface area contributed by atoms with Gasteiger partial charge in [-0.2, -0.15) is 0 Å². The van der Waals surface area contributed by atoms with Crippen LogP contribution in [0.3, 0.4) is 0 Å². The number of aryl methyl sites for hydroxylation is 2. The molecule has 0 amide bonds. The third kappa shape index (κ3) is 7.24. The normalized spacial score (nSPS) is 11.3. The molecule has 8 heteroatoms. The van der Waals surface area contributed by atoms with Crippen molar-refractivity contribution in [3.63, 3.8) is 0 Å². The molecule has 0 heterocycles. The first-order valence-electron chi connectivity index (χ1n) is 11.6. The summed E-state index contributed by atoms with van der Waals surface area (Å²) in [6, 6.07) is 8.22. The van der Waals surface area contributed by atoms with Crippen molar-refractivity contribution in [1.82, 2.24) is 0 Å². The molecular weight excluding hydrogens is 452 g/mol. The van der Waals surface area contributed by atoms with Crippen LogP contribution in [0.25, 0.3) is 11.1 Å². The highest BCUT2D eigenvalue weighted by Crippen LogP contribution is 2.49. The second kappa shape index (κ2) is 14.8. The van der Waals surface area contributed by atoms with E-state index in [1.807, 2.05) is 6.07 Å². The Balaban J connectivity index is 2.55. The van der Waals surface area contributed by atoms with E-state index in [4.69, 9.17) is 37.9 Å². The zero-order valence-electron chi connectivity index (χ0n) is 22.3. The molecule has 0 aliphatic heterocycles. The number of benzene rings is 2. The number of rotatable bonds is 16. The van der Waals surface area contributed by atoms with Crippen molar-refractivity contribution in [2.24, 2.45) is 0 Å². The van der Waals surface area contributed by atoms with Gasteiger partial charge in [0.2, 0.25) is 5.75 Å². The molecule has 0 spiro atoms. The molecule has 0 unspecified atom stereocenters. The maximum Gasteiger partial charge on any atom is 0.204 e. The fourth-order valence-electron chi connectivity index (χ4n) is 4.20. The van der Waals surface area contributed by atoms with Crippen molar-refractivity contribution in [2.75, 3.05) is 56.9 Å². The van der Waals surface area contributed by atoms with Crippen molar-refractivity contribution < 1.29 is 37.9 Å². The Bertz CT molecular complexity index is 907.